The second-order valence-electron chi connectivity index (χ2n) is 10.0. The summed E-state index contributed by atoms with van der Waals surface area (Å²) in [7, 11) is 0. The van der Waals surface area contributed by atoms with Crippen molar-refractivity contribution in [2.45, 2.75) is 77.2 Å². The Morgan fingerprint density at radius 2 is 1.88 bits per heavy atom. The van der Waals surface area contributed by atoms with Crippen molar-refractivity contribution in [2.24, 2.45) is 11.8 Å². The number of aryl methyl sites for hydroxylation is 1. The number of carbonyl (C=O) groups is 2. The van der Waals surface area contributed by atoms with Crippen molar-refractivity contribution in [2.75, 3.05) is 5.32 Å². The molecule has 0 aromatic carbocycles. The number of nitrogens with one attached hydrogen (secondary N) is 2. The van der Waals surface area contributed by atoms with Crippen molar-refractivity contribution in [3.8, 4) is 0 Å². The molecule has 1 aliphatic rings. The van der Waals surface area contributed by atoms with Gasteiger partial charge in [-0.25, -0.2) is 13.4 Å². The number of rotatable bonds is 10. The Hall–Kier alpha value is -3.99. The number of alkyl halides is 5. The van der Waals surface area contributed by atoms with Gasteiger partial charge in [-0.3, -0.25) is 14.3 Å². The lowest BCUT2D eigenvalue weighted by Crippen LogP contribution is -2.49. The molecule has 41 heavy (non-hydrogen) atoms. The second-order valence-corrected chi connectivity index (χ2v) is 10.0. The maximum absolute atomic E-state index is 14.9. The predicted molar refractivity (Wildman–Crippen MR) is 127 cm³/mol. The molecule has 1 aliphatic carbocycles. The summed E-state index contributed by atoms with van der Waals surface area (Å²) in [4.78, 5) is 26.2. The molecule has 3 aromatic rings. The highest BCUT2D eigenvalue weighted by molar-refractivity contribution is 6.00. The zero-order valence-corrected chi connectivity index (χ0v) is 21.9. The zero-order valence-electron chi connectivity index (χ0n) is 21.9. The van der Waals surface area contributed by atoms with E-state index in [9.17, 15) is 35.9 Å². The number of aromatic nitrogens is 7. The number of carbonyl (C=O) groups excluding carboxylic acids is 2. The van der Waals surface area contributed by atoms with Gasteiger partial charge in [0, 0.05) is 6.42 Å². The van der Waals surface area contributed by atoms with E-state index < -0.39 is 66.9 Å². The van der Waals surface area contributed by atoms with Gasteiger partial charge in [-0.1, -0.05) is 24.9 Å². The molecule has 0 saturated heterocycles. The van der Waals surface area contributed by atoms with Gasteiger partial charge in [0.1, 0.15) is 36.3 Å². The van der Waals surface area contributed by atoms with Crippen molar-refractivity contribution in [1.82, 2.24) is 40.2 Å². The van der Waals surface area contributed by atoms with E-state index in [0.717, 1.165) is 19.0 Å². The van der Waals surface area contributed by atoms with Crippen LogP contribution in [0.1, 0.15) is 67.1 Å². The van der Waals surface area contributed by atoms with E-state index in [1.807, 2.05) is 0 Å². The molecule has 18 heteroatoms. The lowest BCUT2D eigenvalue weighted by molar-refractivity contribution is -0.141. The molecule has 0 aliphatic heterocycles. The molecule has 2 amide bonds. The summed E-state index contributed by atoms with van der Waals surface area (Å²) in [6.45, 7) is 1.98. The van der Waals surface area contributed by atoms with Gasteiger partial charge in [-0.05, 0) is 36.8 Å². The van der Waals surface area contributed by atoms with Crippen LogP contribution in [0.15, 0.2) is 17.2 Å². The molecular weight excluding hydrogens is 564 g/mol. The molecule has 3 aromatic heterocycles. The van der Waals surface area contributed by atoms with Gasteiger partial charge in [-0.15, -0.1) is 15.3 Å². The molecule has 2 atom stereocenters. The average Bonchev–Trinajstić information content (AvgIpc) is 3.61. The Labute approximate surface area is 228 Å². The highest BCUT2D eigenvalue weighted by Gasteiger charge is 2.36. The maximum Gasteiger partial charge on any atom is 0.406 e. The van der Waals surface area contributed by atoms with Crippen molar-refractivity contribution >= 4 is 17.5 Å². The SMILES string of the molecule is Cc1nonc1C(=O)N[C@H](C(=O)Nc1cn([C@@H](CC(F)F)c2nncn2CC(F)(F)F)nc1F)[C@H]1CC[C@H](C)CC1. The number of halogens is 6. The number of hydrogen-bond donors (Lipinski definition) is 2. The van der Waals surface area contributed by atoms with E-state index in [0.29, 0.717) is 34.3 Å². The van der Waals surface area contributed by atoms with Crippen LogP contribution in [0.3, 0.4) is 0 Å². The van der Waals surface area contributed by atoms with E-state index >= 15 is 0 Å². The Bertz CT molecular complexity index is 1350. The molecule has 1 saturated carbocycles. The molecule has 12 nitrogen and oxygen atoms in total. The van der Waals surface area contributed by atoms with Crippen LogP contribution in [0, 0.1) is 24.7 Å². The van der Waals surface area contributed by atoms with Gasteiger partial charge in [0.2, 0.25) is 12.3 Å². The van der Waals surface area contributed by atoms with Crippen LogP contribution in [0.2, 0.25) is 0 Å². The first-order chi connectivity index (χ1) is 19.3. The Kier molecular flexibility index (Phi) is 8.96. The van der Waals surface area contributed by atoms with Crippen LogP contribution in [-0.2, 0) is 11.3 Å². The largest absolute Gasteiger partial charge is 0.406 e. The molecule has 0 radical (unpaired) electrons. The third-order valence-electron chi connectivity index (χ3n) is 6.93. The first kappa shape index (κ1) is 30.0. The first-order valence-electron chi connectivity index (χ1n) is 12.7. The van der Waals surface area contributed by atoms with Crippen LogP contribution >= 0.6 is 0 Å². The molecule has 0 unspecified atom stereocenters. The molecular formula is C23H27F6N9O3. The summed E-state index contributed by atoms with van der Waals surface area (Å²) in [5.41, 5.74) is -0.475. The molecule has 224 valence electrons. The lowest BCUT2D eigenvalue weighted by Gasteiger charge is -2.32. The van der Waals surface area contributed by atoms with E-state index in [-0.39, 0.29) is 17.3 Å². The number of hydrogen-bond acceptors (Lipinski definition) is 8. The monoisotopic (exact) mass is 591 g/mol. The van der Waals surface area contributed by atoms with E-state index in [1.54, 1.807) is 0 Å². The second kappa shape index (κ2) is 12.3. The topological polar surface area (TPSA) is 146 Å². The standard InChI is InChI=1S/C23H27F6N9O3/c1-11-3-5-13(6-4-11)18(32-21(39)17-12(2)35-41-36-17)22(40)31-14-8-38(34-19(14)26)15(7-16(24)25)20-33-30-10-37(20)9-23(27,28)29/h8,10-11,13,15-16,18H,3-7,9H2,1-2H3,(H,31,40)(H,32,39)/t11-,13-,15-,18-/m0/s1. The molecule has 3 heterocycles. The molecule has 1 fully saturated rings. The van der Waals surface area contributed by atoms with Crippen molar-refractivity contribution < 1.29 is 40.6 Å². The van der Waals surface area contributed by atoms with E-state index in [1.165, 1.54) is 6.92 Å². The third kappa shape index (κ3) is 7.40. The normalized spacial score (nSPS) is 19.2. The summed E-state index contributed by atoms with van der Waals surface area (Å²) >= 11 is 0. The van der Waals surface area contributed by atoms with Crippen LogP contribution in [-0.4, -0.2) is 65.3 Å². The predicted octanol–water partition coefficient (Wildman–Crippen LogP) is 3.68. The van der Waals surface area contributed by atoms with Gasteiger partial charge >= 0.3 is 6.18 Å². The summed E-state index contributed by atoms with van der Waals surface area (Å²) in [5, 5.41) is 22.4. The zero-order chi connectivity index (χ0) is 29.9. The highest BCUT2D eigenvalue weighted by atomic mass is 19.4. The number of amides is 2. The van der Waals surface area contributed by atoms with Crippen molar-refractivity contribution in [3.63, 3.8) is 0 Å². The quantitative estimate of drug-likeness (QED) is 0.340. The van der Waals surface area contributed by atoms with Gasteiger partial charge in [0.15, 0.2) is 11.5 Å². The fourth-order valence-corrected chi connectivity index (χ4v) is 4.82. The van der Waals surface area contributed by atoms with Crippen LogP contribution in [0.25, 0.3) is 0 Å². The molecule has 0 bridgehead atoms. The summed E-state index contributed by atoms with van der Waals surface area (Å²) < 4.78 is 86.4. The number of anilines is 1. The van der Waals surface area contributed by atoms with Gasteiger partial charge < -0.3 is 15.2 Å². The minimum Gasteiger partial charge on any atom is -0.338 e. The highest BCUT2D eigenvalue weighted by Crippen LogP contribution is 2.32. The van der Waals surface area contributed by atoms with Crippen molar-refractivity contribution in [1.29, 1.82) is 0 Å². The molecule has 4 rings (SSSR count). The molecule has 2 N–H and O–H groups in total. The van der Waals surface area contributed by atoms with Gasteiger partial charge in [0.05, 0.1) is 6.20 Å². The Balaban J connectivity index is 1.59. The van der Waals surface area contributed by atoms with Crippen LogP contribution < -0.4 is 10.6 Å². The van der Waals surface area contributed by atoms with Crippen LogP contribution in [0.5, 0.6) is 0 Å². The van der Waals surface area contributed by atoms with Crippen LogP contribution in [0.4, 0.5) is 32.0 Å². The van der Waals surface area contributed by atoms with Crippen molar-refractivity contribution in [3.05, 3.63) is 35.7 Å². The maximum atomic E-state index is 14.9. The lowest BCUT2D eigenvalue weighted by atomic mass is 9.79. The fraction of sp³-hybridized carbons (Fsp3) is 0.609. The smallest absolute Gasteiger partial charge is 0.338 e. The summed E-state index contributed by atoms with van der Waals surface area (Å²) in [5.74, 6) is -3.26. The fourth-order valence-electron chi connectivity index (χ4n) is 4.82. The Morgan fingerprint density at radius 3 is 2.49 bits per heavy atom. The third-order valence-corrected chi connectivity index (χ3v) is 6.93. The molecule has 0 spiro atoms. The average molecular weight is 592 g/mol. The Morgan fingerprint density at radius 1 is 1.17 bits per heavy atom. The summed E-state index contributed by atoms with van der Waals surface area (Å²) in [6, 6.07) is -2.78. The minimum absolute atomic E-state index is 0.135. The summed E-state index contributed by atoms with van der Waals surface area (Å²) in [6.07, 6.45) is -4.46. The van der Waals surface area contributed by atoms with E-state index in [4.69, 9.17) is 0 Å². The minimum atomic E-state index is -4.71. The van der Waals surface area contributed by atoms with E-state index in [2.05, 4.69) is 47.8 Å². The number of nitrogens with zero attached hydrogens (tertiary/aromatic N) is 7. The van der Waals surface area contributed by atoms with Gasteiger partial charge in [0.25, 0.3) is 11.9 Å². The van der Waals surface area contributed by atoms with Gasteiger partial charge in [-0.2, -0.15) is 17.6 Å². The first-order valence-corrected chi connectivity index (χ1v) is 12.7.